The summed E-state index contributed by atoms with van der Waals surface area (Å²) in [7, 11) is 1.64. The Bertz CT molecular complexity index is 1060. The number of ether oxygens (including phenoxy) is 1. The van der Waals surface area contributed by atoms with Crippen LogP contribution in [0.5, 0.6) is 0 Å². The highest BCUT2D eigenvalue weighted by Gasteiger charge is 2.24. The van der Waals surface area contributed by atoms with Crippen LogP contribution in [-0.2, 0) is 16.1 Å². The van der Waals surface area contributed by atoms with Crippen molar-refractivity contribution in [1.29, 1.82) is 0 Å². The molecule has 0 N–H and O–H groups in total. The lowest BCUT2D eigenvalue weighted by Crippen LogP contribution is -2.37. The Labute approximate surface area is 182 Å². The Kier molecular flexibility index (Phi) is 6.18. The Morgan fingerprint density at radius 3 is 2.58 bits per heavy atom. The topological polar surface area (TPSA) is 76.4 Å². The van der Waals surface area contributed by atoms with Gasteiger partial charge in [0.05, 0.1) is 17.3 Å². The molecular formula is C23H30N6O2. The van der Waals surface area contributed by atoms with Crippen LogP contribution in [0, 0.1) is 12.8 Å². The third-order valence-electron chi connectivity index (χ3n) is 5.61. The lowest BCUT2D eigenvalue weighted by Gasteiger charge is -2.24. The van der Waals surface area contributed by atoms with E-state index < -0.39 is 0 Å². The molecule has 1 aliphatic rings. The Hall–Kier alpha value is -3.00. The molecule has 1 aliphatic heterocycles. The van der Waals surface area contributed by atoms with Crippen LogP contribution < -0.4 is 4.90 Å². The Morgan fingerprint density at radius 1 is 1.10 bits per heavy atom. The molecule has 0 spiro atoms. The fraction of sp³-hybridized carbons (Fsp3) is 0.478. The molecule has 1 saturated heterocycles. The van der Waals surface area contributed by atoms with Crippen LogP contribution in [0.3, 0.4) is 0 Å². The Morgan fingerprint density at radius 2 is 1.87 bits per heavy atom. The molecule has 1 aromatic carbocycles. The van der Waals surface area contributed by atoms with Crippen molar-refractivity contribution in [2.24, 2.45) is 5.92 Å². The standard InChI is InChI=1S/C23H30N6O2/c1-16(2)23(30)28-11-5-10-27(12-13-28)21-19-14-24-29(18-8-6-17(3)7-9-18)22(19)26-20(25-21)15-31-4/h6-9,14,16H,5,10-13,15H2,1-4H3. The number of amides is 1. The van der Waals surface area contributed by atoms with E-state index in [9.17, 15) is 4.79 Å². The van der Waals surface area contributed by atoms with Gasteiger partial charge in [-0.15, -0.1) is 0 Å². The number of rotatable bonds is 5. The second-order valence-electron chi connectivity index (χ2n) is 8.35. The predicted molar refractivity (Wildman–Crippen MR) is 120 cm³/mol. The van der Waals surface area contributed by atoms with Crippen LogP contribution in [0.4, 0.5) is 5.82 Å². The van der Waals surface area contributed by atoms with Gasteiger partial charge in [-0.2, -0.15) is 5.10 Å². The van der Waals surface area contributed by atoms with Crippen LogP contribution in [0.1, 0.15) is 31.7 Å². The zero-order chi connectivity index (χ0) is 22.0. The fourth-order valence-electron chi connectivity index (χ4n) is 3.96. The Balaban J connectivity index is 1.72. The maximum atomic E-state index is 12.5. The summed E-state index contributed by atoms with van der Waals surface area (Å²) in [6.07, 6.45) is 2.73. The number of nitrogens with zero attached hydrogens (tertiary/aromatic N) is 6. The molecular weight excluding hydrogens is 392 g/mol. The number of hydrogen-bond donors (Lipinski definition) is 0. The molecule has 4 rings (SSSR count). The number of aryl methyl sites for hydroxylation is 1. The number of fused-ring (bicyclic) bond motifs is 1. The van der Waals surface area contributed by atoms with Crippen LogP contribution in [0.15, 0.2) is 30.5 Å². The van der Waals surface area contributed by atoms with E-state index in [1.54, 1.807) is 7.11 Å². The molecule has 164 valence electrons. The van der Waals surface area contributed by atoms with E-state index in [0.29, 0.717) is 19.0 Å². The lowest BCUT2D eigenvalue weighted by molar-refractivity contribution is -0.134. The minimum Gasteiger partial charge on any atom is -0.377 e. The van der Waals surface area contributed by atoms with E-state index in [1.807, 2.05) is 41.8 Å². The lowest BCUT2D eigenvalue weighted by atomic mass is 10.2. The number of benzene rings is 1. The first-order valence-electron chi connectivity index (χ1n) is 10.8. The van der Waals surface area contributed by atoms with Crippen molar-refractivity contribution in [1.82, 2.24) is 24.6 Å². The minimum atomic E-state index is 0.0124. The van der Waals surface area contributed by atoms with Gasteiger partial charge in [0.1, 0.15) is 12.4 Å². The van der Waals surface area contributed by atoms with E-state index >= 15 is 0 Å². The van der Waals surface area contributed by atoms with Gasteiger partial charge in [0.25, 0.3) is 0 Å². The summed E-state index contributed by atoms with van der Waals surface area (Å²) < 4.78 is 7.18. The molecule has 0 unspecified atom stereocenters. The van der Waals surface area contributed by atoms with Gasteiger partial charge in [-0.3, -0.25) is 4.79 Å². The first-order valence-corrected chi connectivity index (χ1v) is 10.8. The van der Waals surface area contributed by atoms with E-state index in [4.69, 9.17) is 14.7 Å². The number of aromatic nitrogens is 4. The van der Waals surface area contributed by atoms with Gasteiger partial charge >= 0.3 is 0 Å². The van der Waals surface area contributed by atoms with E-state index in [0.717, 1.165) is 48.6 Å². The van der Waals surface area contributed by atoms with Crippen LogP contribution >= 0.6 is 0 Å². The smallest absolute Gasteiger partial charge is 0.225 e. The molecule has 0 atom stereocenters. The molecule has 8 nitrogen and oxygen atoms in total. The highest BCUT2D eigenvalue weighted by Crippen LogP contribution is 2.27. The minimum absolute atomic E-state index is 0.0124. The highest BCUT2D eigenvalue weighted by molar-refractivity contribution is 5.88. The summed E-state index contributed by atoms with van der Waals surface area (Å²) in [5.74, 6) is 1.70. The molecule has 3 aromatic rings. The fourth-order valence-corrected chi connectivity index (χ4v) is 3.96. The summed E-state index contributed by atoms with van der Waals surface area (Å²) >= 11 is 0. The first-order chi connectivity index (χ1) is 15.0. The van der Waals surface area contributed by atoms with Gasteiger partial charge in [-0.1, -0.05) is 31.5 Å². The summed E-state index contributed by atoms with van der Waals surface area (Å²) in [4.78, 5) is 26.3. The third kappa shape index (κ3) is 4.39. The molecule has 0 saturated carbocycles. The molecule has 1 amide bonds. The third-order valence-corrected chi connectivity index (χ3v) is 5.61. The predicted octanol–water partition coefficient (Wildman–Crippen LogP) is 2.97. The molecule has 0 bridgehead atoms. The van der Waals surface area contributed by atoms with E-state index in [2.05, 4.69) is 29.1 Å². The van der Waals surface area contributed by atoms with Crippen molar-refractivity contribution in [3.63, 3.8) is 0 Å². The second-order valence-corrected chi connectivity index (χ2v) is 8.35. The molecule has 0 aliphatic carbocycles. The summed E-state index contributed by atoms with van der Waals surface area (Å²) in [5, 5.41) is 5.53. The molecule has 8 heteroatoms. The van der Waals surface area contributed by atoms with Crippen molar-refractivity contribution >= 4 is 22.8 Å². The van der Waals surface area contributed by atoms with Crippen LogP contribution in [-0.4, -0.2) is 63.8 Å². The van der Waals surface area contributed by atoms with Crippen molar-refractivity contribution in [3.05, 3.63) is 41.9 Å². The quantitative estimate of drug-likeness (QED) is 0.629. The SMILES string of the molecule is COCc1nc(N2CCCN(C(=O)C(C)C)CC2)c2cnn(-c3ccc(C)cc3)c2n1. The van der Waals surface area contributed by atoms with Crippen LogP contribution in [0.2, 0.25) is 0 Å². The van der Waals surface area contributed by atoms with E-state index in [-0.39, 0.29) is 11.8 Å². The normalized spacial score (nSPS) is 15.0. The molecule has 1 fully saturated rings. The van der Waals surface area contributed by atoms with Crippen molar-refractivity contribution in [2.75, 3.05) is 38.2 Å². The van der Waals surface area contributed by atoms with Gasteiger partial charge < -0.3 is 14.5 Å². The van der Waals surface area contributed by atoms with E-state index in [1.165, 1.54) is 5.56 Å². The second kappa shape index (κ2) is 9.01. The van der Waals surface area contributed by atoms with Crippen molar-refractivity contribution in [3.8, 4) is 5.69 Å². The number of carbonyl (C=O) groups excluding carboxylic acids is 1. The zero-order valence-corrected chi connectivity index (χ0v) is 18.7. The number of carbonyl (C=O) groups is 1. The number of methoxy groups -OCH3 is 1. The summed E-state index contributed by atoms with van der Waals surface area (Å²) in [6, 6.07) is 8.22. The zero-order valence-electron chi connectivity index (χ0n) is 18.7. The summed E-state index contributed by atoms with van der Waals surface area (Å²) in [6.45, 7) is 9.32. The van der Waals surface area contributed by atoms with Gasteiger partial charge in [-0.25, -0.2) is 14.6 Å². The maximum absolute atomic E-state index is 12.5. The molecule has 2 aromatic heterocycles. The molecule has 3 heterocycles. The maximum Gasteiger partial charge on any atom is 0.225 e. The first kappa shape index (κ1) is 21.2. The monoisotopic (exact) mass is 422 g/mol. The van der Waals surface area contributed by atoms with Gasteiger partial charge in [0.15, 0.2) is 11.5 Å². The largest absolute Gasteiger partial charge is 0.377 e. The highest BCUT2D eigenvalue weighted by atomic mass is 16.5. The average molecular weight is 423 g/mol. The number of hydrogen-bond acceptors (Lipinski definition) is 6. The molecule has 0 radical (unpaired) electrons. The number of anilines is 1. The molecule has 31 heavy (non-hydrogen) atoms. The van der Waals surface area contributed by atoms with Gasteiger partial charge in [-0.05, 0) is 25.5 Å². The average Bonchev–Trinajstić information content (AvgIpc) is 3.02. The van der Waals surface area contributed by atoms with Gasteiger partial charge in [0.2, 0.25) is 5.91 Å². The van der Waals surface area contributed by atoms with Crippen LogP contribution in [0.25, 0.3) is 16.7 Å². The summed E-state index contributed by atoms with van der Waals surface area (Å²) in [5.41, 5.74) is 2.92. The van der Waals surface area contributed by atoms with Crippen molar-refractivity contribution in [2.45, 2.75) is 33.8 Å². The van der Waals surface area contributed by atoms with Crippen molar-refractivity contribution < 1.29 is 9.53 Å². The van der Waals surface area contributed by atoms with Gasteiger partial charge in [0, 0.05) is 39.2 Å².